The van der Waals surface area contributed by atoms with Crippen LogP contribution < -0.4 is 0 Å². The number of rotatable bonds is 4. The normalized spacial score (nSPS) is 32.0. The van der Waals surface area contributed by atoms with Crippen molar-refractivity contribution in [3.05, 3.63) is 71.7 Å². The molecule has 1 aromatic heterocycles. The Labute approximate surface area is 194 Å². The van der Waals surface area contributed by atoms with E-state index in [1.54, 1.807) is 6.08 Å². The van der Waals surface area contributed by atoms with Crippen molar-refractivity contribution in [1.29, 1.82) is 0 Å². The van der Waals surface area contributed by atoms with Gasteiger partial charge in [0, 0.05) is 28.9 Å². The van der Waals surface area contributed by atoms with Crippen LogP contribution in [0.5, 0.6) is 0 Å². The molecule has 1 saturated carbocycles. The fourth-order valence-electron chi connectivity index (χ4n) is 6.82. The van der Waals surface area contributed by atoms with Gasteiger partial charge in [-0.3, -0.25) is 4.79 Å². The Morgan fingerprint density at radius 2 is 2.12 bits per heavy atom. The zero-order chi connectivity index (χ0) is 23.4. The molecule has 0 spiro atoms. The summed E-state index contributed by atoms with van der Waals surface area (Å²) in [5, 5.41) is 1.23. The molecule has 0 bridgehead atoms. The lowest BCUT2D eigenvalue weighted by Gasteiger charge is -2.58. The quantitative estimate of drug-likeness (QED) is 0.382. The molecule has 1 N–H and O–H groups in total. The molecule has 1 fully saturated rings. The van der Waals surface area contributed by atoms with Gasteiger partial charge in [-0.2, -0.15) is 0 Å². The highest BCUT2D eigenvalue weighted by Crippen LogP contribution is 2.61. The highest BCUT2D eigenvalue weighted by molar-refractivity contribution is 5.94. The number of fused-ring (bicyclic) bond motifs is 4. The number of aromatic amines is 1. The summed E-state index contributed by atoms with van der Waals surface area (Å²) in [4.78, 5) is 27.5. The molecule has 1 aromatic carbocycles. The molecular formula is C28H31NO4. The Kier molecular flexibility index (Phi) is 5.11. The second kappa shape index (κ2) is 7.75. The minimum Gasteiger partial charge on any atom is -0.465 e. The number of carbonyl (C=O) groups is 2. The van der Waals surface area contributed by atoms with Gasteiger partial charge in [0.15, 0.2) is 0 Å². The van der Waals surface area contributed by atoms with E-state index in [-0.39, 0.29) is 28.7 Å². The van der Waals surface area contributed by atoms with E-state index in [1.807, 2.05) is 12.1 Å². The largest absolute Gasteiger partial charge is 0.465 e. The first-order chi connectivity index (χ1) is 15.7. The van der Waals surface area contributed by atoms with Crippen LogP contribution in [-0.4, -0.2) is 23.5 Å². The fraction of sp³-hybridized carbons (Fsp3) is 0.429. The van der Waals surface area contributed by atoms with E-state index in [4.69, 9.17) is 9.47 Å². The summed E-state index contributed by atoms with van der Waals surface area (Å²) in [6.45, 7) is 10.9. The Bertz CT molecular complexity index is 1220. The first-order valence-corrected chi connectivity index (χ1v) is 11.7. The van der Waals surface area contributed by atoms with Gasteiger partial charge >= 0.3 is 11.9 Å². The number of cyclic esters (lactones) is 1. The molecule has 4 atom stereocenters. The van der Waals surface area contributed by atoms with Crippen LogP contribution in [-0.2, 0) is 30.9 Å². The van der Waals surface area contributed by atoms with Crippen LogP contribution in [0.15, 0.2) is 60.4 Å². The van der Waals surface area contributed by atoms with E-state index in [1.165, 1.54) is 35.4 Å². The maximum atomic E-state index is 12.0. The molecule has 5 heteroatoms. The van der Waals surface area contributed by atoms with Crippen LogP contribution in [0.25, 0.3) is 10.9 Å². The smallest absolute Gasteiger partial charge is 0.342 e. The van der Waals surface area contributed by atoms with Gasteiger partial charge in [0.05, 0.1) is 11.8 Å². The molecule has 33 heavy (non-hydrogen) atoms. The number of hydrogen-bond donors (Lipinski definition) is 1. The van der Waals surface area contributed by atoms with Crippen molar-refractivity contribution in [3.8, 4) is 0 Å². The predicted octanol–water partition coefficient (Wildman–Crippen LogP) is 5.52. The van der Waals surface area contributed by atoms with Crippen LogP contribution >= 0.6 is 0 Å². The van der Waals surface area contributed by atoms with Gasteiger partial charge in [0.25, 0.3) is 0 Å². The van der Waals surface area contributed by atoms with E-state index >= 15 is 0 Å². The lowest BCUT2D eigenvalue weighted by molar-refractivity contribution is -0.145. The first-order valence-electron chi connectivity index (χ1n) is 11.7. The van der Waals surface area contributed by atoms with E-state index in [0.29, 0.717) is 18.1 Å². The van der Waals surface area contributed by atoms with E-state index < -0.39 is 0 Å². The second-order valence-electron chi connectivity index (χ2n) is 10.3. The van der Waals surface area contributed by atoms with Gasteiger partial charge in [-0.05, 0) is 60.6 Å². The van der Waals surface area contributed by atoms with Crippen molar-refractivity contribution in [2.75, 3.05) is 6.61 Å². The zero-order valence-electron chi connectivity index (χ0n) is 19.6. The van der Waals surface area contributed by atoms with Crippen molar-refractivity contribution in [2.45, 2.75) is 51.9 Å². The molecule has 2 aliphatic carbocycles. The third-order valence-electron chi connectivity index (χ3n) is 8.36. The van der Waals surface area contributed by atoms with Crippen molar-refractivity contribution in [1.82, 2.24) is 4.98 Å². The molecule has 3 aliphatic rings. The van der Waals surface area contributed by atoms with Gasteiger partial charge < -0.3 is 14.5 Å². The Balaban J connectivity index is 1.63. The van der Waals surface area contributed by atoms with Crippen LogP contribution in [0, 0.1) is 17.3 Å². The fourth-order valence-corrected chi connectivity index (χ4v) is 6.82. The highest BCUT2D eigenvalue weighted by atomic mass is 16.5. The Morgan fingerprint density at radius 1 is 1.33 bits per heavy atom. The molecule has 0 radical (unpaired) electrons. The van der Waals surface area contributed by atoms with E-state index in [0.717, 1.165) is 31.2 Å². The number of H-pyrrole nitrogens is 1. The van der Waals surface area contributed by atoms with Gasteiger partial charge in [-0.15, -0.1) is 0 Å². The number of nitrogens with one attached hydrogen (secondary N) is 1. The average Bonchev–Trinajstić information content (AvgIpc) is 3.35. The number of esters is 2. The average molecular weight is 446 g/mol. The third-order valence-corrected chi connectivity index (χ3v) is 8.36. The van der Waals surface area contributed by atoms with Gasteiger partial charge in [0.1, 0.15) is 6.61 Å². The number of carbonyl (C=O) groups excluding carboxylic acids is 2. The van der Waals surface area contributed by atoms with E-state index in [2.05, 4.69) is 43.6 Å². The topological polar surface area (TPSA) is 68.4 Å². The van der Waals surface area contributed by atoms with Crippen molar-refractivity contribution < 1.29 is 19.1 Å². The van der Waals surface area contributed by atoms with Crippen LogP contribution in [0.1, 0.15) is 51.3 Å². The molecule has 0 unspecified atom stereocenters. The number of aromatic nitrogens is 1. The first kappa shape index (κ1) is 21.7. The van der Waals surface area contributed by atoms with Crippen LogP contribution in [0.3, 0.4) is 0 Å². The van der Waals surface area contributed by atoms with Crippen LogP contribution in [0.4, 0.5) is 0 Å². The standard InChI is InChI=1S/C28H31NO4/c1-17-9-12-24-27(3,22(17)11-10-19-13-14-32-26(19)31)15-21-20-7-5-6-8-23(20)29-25(21)28(24,4)16-33-18(2)30/h5-8,10,13-14,22,24,29H,1,9,11-12,15-16H2,2-4H3/b19-10+/t22-,24+,27+,28+/m1/s1. The zero-order valence-corrected chi connectivity index (χ0v) is 19.6. The lowest BCUT2D eigenvalue weighted by atomic mass is 9.46. The summed E-state index contributed by atoms with van der Waals surface area (Å²) in [6.07, 6.45) is 8.77. The molecule has 2 heterocycles. The van der Waals surface area contributed by atoms with Crippen molar-refractivity contribution >= 4 is 22.8 Å². The van der Waals surface area contributed by atoms with Gasteiger partial charge in [0.2, 0.25) is 0 Å². The molecule has 2 aromatic rings. The molecule has 1 aliphatic heterocycles. The van der Waals surface area contributed by atoms with Crippen molar-refractivity contribution in [3.63, 3.8) is 0 Å². The summed E-state index contributed by atoms with van der Waals surface area (Å²) in [5.74, 6) is -0.0384. The number of allylic oxidation sites excluding steroid dienone is 2. The molecule has 5 rings (SSSR count). The number of hydrogen-bond acceptors (Lipinski definition) is 4. The molecule has 0 saturated heterocycles. The predicted molar refractivity (Wildman–Crippen MR) is 127 cm³/mol. The third kappa shape index (κ3) is 3.36. The summed E-state index contributed by atoms with van der Waals surface area (Å²) < 4.78 is 10.7. The summed E-state index contributed by atoms with van der Waals surface area (Å²) in [7, 11) is 0. The highest BCUT2D eigenvalue weighted by Gasteiger charge is 2.57. The second-order valence-corrected chi connectivity index (χ2v) is 10.3. The summed E-state index contributed by atoms with van der Waals surface area (Å²) in [6, 6.07) is 8.42. The molecular weight excluding hydrogens is 414 g/mol. The summed E-state index contributed by atoms with van der Waals surface area (Å²) >= 11 is 0. The molecule has 5 nitrogen and oxygen atoms in total. The lowest BCUT2D eigenvalue weighted by Crippen LogP contribution is -2.55. The minimum absolute atomic E-state index is 0.0918. The maximum absolute atomic E-state index is 12.0. The maximum Gasteiger partial charge on any atom is 0.342 e. The molecule has 172 valence electrons. The number of para-hydroxylation sites is 1. The number of benzene rings is 1. The Morgan fingerprint density at radius 3 is 2.85 bits per heavy atom. The minimum atomic E-state index is -0.342. The summed E-state index contributed by atoms with van der Waals surface area (Å²) in [5.41, 5.74) is 5.04. The monoisotopic (exact) mass is 445 g/mol. The molecule has 0 amide bonds. The van der Waals surface area contributed by atoms with Gasteiger partial charge in [-0.25, -0.2) is 4.79 Å². The SMILES string of the molecule is C=C1CC[C@H]2[C@@](C)(Cc3c([nH]c4ccccc34)[C@@]2(C)COC(C)=O)[C@@H]1C/C=C1\C=COC1=O. The van der Waals surface area contributed by atoms with E-state index in [9.17, 15) is 9.59 Å². The van der Waals surface area contributed by atoms with Crippen molar-refractivity contribution in [2.24, 2.45) is 17.3 Å². The van der Waals surface area contributed by atoms with Gasteiger partial charge in [-0.1, -0.05) is 50.3 Å². The van der Waals surface area contributed by atoms with Crippen LogP contribution in [0.2, 0.25) is 0 Å². The Hall–Kier alpha value is -3.08. The number of ether oxygens (including phenoxy) is 2.